The minimum Gasteiger partial charge on any atom is -0.306 e. The summed E-state index contributed by atoms with van der Waals surface area (Å²) in [6, 6.07) is 3.80. The van der Waals surface area contributed by atoms with Crippen molar-refractivity contribution in [3.8, 4) is 0 Å². The van der Waals surface area contributed by atoms with Crippen LogP contribution in [0.5, 0.6) is 0 Å². The lowest BCUT2D eigenvalue weighted by Gasteiger charge is -2.00. The number of hydrogen-bond acceptors (Lipinski definition) is 3. The van der Waals surface area contributed by atoms with E-state index in [1.54, 1.807) is 13.2 Å². The van der Waals surface area contributed by atoms with Crippen LogP contribution in [0.25, 0.3) is 0 Å². The summed E-state index contributed by atoms with van der Waals surface area (Å²) >= 11 is 3.29. The van der Waals surface area contributed by atoms with Crippen LogP contribution in [-0.4, -0.2) is 12.0 Å². The molecule has 2 N–H and O–H groups in total. The molecule has 1 rings (SSSR count). The van der Waals surface area contributed by atoms with Crippen molar-refractivity contribution >= 4 is 21.7 Å². The largest absolute Gasteiger partial charge is 0.306 e. The van der Waals surface area contributed by atoms with Crippen LogP contribution in [0.2, 0.25) is 0 Å². The highest BCUT2D eigenvalue weighted by molar-refractivity contribution is 9.10. The molecule has 0 aliphatic carbocycles. The minimum atomic E-state index is 0.811. The summed E-state index contributed by atoms with van der Waals surface area (Å²) in [5, 5.41) is 0. The van der Waals surface area contributed by atoms with Gasteiger partial charge in [-0.2, -0.15) is 0 Å². The molecule has 0 unspecified atom stereocenters. The summed E-state index contributed by atoms with van der Waals surface area (Å²) in [6.07, 6.45) is 1.74. The topological polar surface area (TPSA) is 37.0 Å². The first-order valence-electron chi connectivity index (χ1n) is 2.87. The highest BCUT2D eigenvalue weighted by Crippen LogP contribution is 2.09. The van der Waals surface area contributed by atoms with Crippen LogP contribution < -0.4 is 10.9 Å². The summed E-state index contributed by atoms with van der Waals surface area (Å²) < 4.78 is 0.981. The number of nitrogens with zero attached hydrogens (tertiary/aromatic N) is 1. The van der Waals surface area contributed by atoms with E-state index in [0.717, 1.165) is 10.3 Å². The first kappa shape index (κ1) is 7.50. The van der Waals surface area contributed by atoms with Crippen LogP contribution in [-0.2, 0) is 0 Å². The number of pyridine rings is 1. The second-order valence-electron chi connectivity index (χ2n) is 1.74. The molecule has 0 amide bonds. The maximum atomic E-state index is 4.05. The molecule has 0 aromatic carbocycles. The van der Waals surface area contributed by atoms with Crippen molar-refractivity contribution in [1.29, 1.82) is 0 Å². The Labute approximate surface area is 68.0 Å². The van der Waals surface area contributed by atoms with Crippen molar-refractivity contribution in [1.82, 2.24) is 10.4 Å². The molecule has 0 atom stereocenters. The van der Waals surface area contributed by atoms with Gasteiger partial charge in [0.15, 0.2) is 0 Å². The van der Waals surface area contributed by atoms with Gasteiger partial charge in [-0.1, -0.05) is 0 Å². The van der Waals surface area contributed by atoms with Gasteiger partial charge in [-0.15, -0.1) is 0 Å². The Morgan fingerprint density at radius 3 is 2.80 bits per heavy atom. The summed E-state index contributed by atoms with van der Waals surface area (Å²) in [4.78, 5) is 4.05. The molecule has 4 heteroatoms. The average molecular weight is 202 g/mol. The van der Waals surface area contributed by atoms with E-state index in [1.165, 1.54) is 0 Å². The lowest BCUT2D eigenvalue weighted by Crippen LogP contribution is -2.15. The summed E-state index contributed by atoms with van der Waals surface area (Å²) in [6.45, 7) is 0. The molecular weight excluding hydrogens is 194 g/mol. The van der Waals surface area contributed by atoms with Crippen LogP contribution in [0.1, 0.15) is 0 Å². The lowest BCUT2D eigenvalue weighted by molar-refractivity contribution is 0.964. The summed E-state index contributed by atoms with van der Waals surface area (Å²) in [5.74, 6) is 0.811. The number of halogens is 1. The van der Waals surface area contributed by atoms with Gasteiger partial charge in [0.1, 0.15) is 5.82 Å². The predicted molar refractivity (Wildman–Crippen MR) is 44.6 cm³/mol. The Morgan fingerprint density at radius 2 is 2.30 bits per heavy atom. The van der Waals surface area contributed by atoms with Gasteiger partial charge in [0, 0.05) is 17.7 Å². The van der Waals surface area contributed by atoms with E-state index < -0.39 is 0 Å². The van der Waals surface area contributed by atoms with Crippen molar-refractivity contribution in [3.05, 3.63) is 22.8 Å². The molecule has 10 heavy (non-hydrogen) atoms. The zero-order valence-electron chi connectivity index (χ0n) is 5.56. The highest BCUT2D eigenvalue weighted by Gasteiger charge is 1.88. The van der Waals surface area contributed by atoms with Gasteiger partial charge in [0.05, 0.1) is 0 Å². The lowest BCUT2D eigenvalue weighted by atomic mass is 10.5. The molecule has 0 spiro atoms. The zero-order chi connectivity index (χ0) is 7.40. The van der Waals surface area contributed by atoms with Gasteiger partial charge in [-0.05, 0) is 28.1 Å². The molecule has 0 bridgehead atoms. The van der Waals surface area contributed by atoms with Gasteiger partial charge >= 0.3 is 0 Å². The van der Waals surface area contributed by atoms with E-state index in [0.29, 0.717) is 0 Å². The van der Waals surface area contributed by atoms with Crippen LogP contribution in [0, 0.1) is 0 Å². The molecule has 0 aliphatic heterocycles. The van der Waals surface area contributed by atoms with E-state index in [-0.39, 0.29) is 0 Å². The third-order valence-corrected chi connectivity index (χ3v) is 1.45. The van der Waals surface area contributed by atoms with Gasteiger partial charge in [-0.3, -0.25) is 0 Å². The van der Waals surface area contributed by atoms with E-state index in [4.69, 9.17) is 0 Å². The van der Waals surface area contributed by atoms with Crippen LogP contribution in [0.4, 0.5) is 5.82 Å². The normalized spacial score (nSPS) is 9.40. The SMILES string of the molecule is CNNc1ccc(Br)cn1. The molecule has 3 nitrogen and oxygen atoms in total. The van der Waals surface area contributed by atoms with Crippen molar-refractivity contribution in [3.63, 3.8) is 0 Å². The molecule has 1 aromatic heterocycles. The predicted octanol–water partition coefficient (Wildman–Crippen LogP) is 1.39. The van der Waals surface area contributed by atoms with Crippen LogP contribution in [0.15, 0.2) is 22.8 Å². The van der Waals surface area contributed by atoms with E-state index >= 15 is 0 Å². The molecular formula is C6H8BrN3. The fourth-order valence-corrected chi connectivity index (χ4v) is 0.812. The maximum Gasteiger partial charge on any atom is 0.140 e. The molecule has 54 valence electrons. The Balaban J connectivity index is 2.69. The Hall–Kier alpha value is -0.610. The Morgan fingerprint density at radius 1 is 1.50 bits per heavy atom. The van der Waals surface area contributed by atoms with Gasteiger partial charge < -0.3 is 5.43 Å². The van der Waals surface area contributed by atoms with E-state index in [9.17, 15) is 0 Å². The zero-order valence-corrected chi connectivity index (χ0v) is 7.14. The number of hydrazine groups is 1. The average Bonchev–Trinajstić information content (AvgIpc) is 1.95. The molecule has 0 saturated carbocycles. The molecule has 0 aliphatic rings. The summed E-state index contributed by atoms with van der Waals surface area (Å²) in [7, 11) is 1.80. The third kappa shape index (κ3) is 1.97. The highest BCUT2D eigenvalue weighted by atomic mass is 79.9. The van der Waals surface area contributed by atoms with Gasteiger partial charge in [-0.25, -0.2) is 10.4 Å². The molecule has 1 heterocycles. The van der Waals surface area contributed by atoms with Crippen molar-refractivity contribution in [2.24, 2.45) is 0 Å². The van der Waals surface area contributed by atoms with Crippen molar-refractivity contribution in [2.45, 2.75) is 0 Å². The maximum absolute atomic E-state index is 4.05. The molecule has 1 aromatic rings. The molecule has 0 saturated heterocycles. The fraction of sp³-hybridized carbons (Fsp3) is 0.167. The number of rotatable bonds is 2. The quantitative estimate of drug-likeness (QED) is 0.711. The Kier molecular flexibility index (Phi) is 2.65. The number of aromatic nitrogens is 1. The number of nitrogens with one attached hydrogen (secondary N) is 2. The second kappa shape index (κ2) is 3.53. The molecule has 0 fully saturated rings. The van der Waals surface area contributed by atoms with E-state index in [1.807, 2.05) is 12.1 Å². The van der Waals surface area contributed by atoms with Crippen LogP contribution in [0.3, 0.4) is 0 Å². The van der Waals surface area contributed by atoms with Crippen molar-refractivity contribution in [2.75, 3.05) is 12.5 Å². The third-order valence-electron chi connectivity index (χ3n) is 0.980. The Bertz CT molecular complexity index is 197. The smallest absolute Gasteiger partial charge is 0.140 e. The van der Waals surface area contributed by atoms with Crippen molar-refractivity contribution < 1.29 is 0 Å². The number of hydrogen-bond donors (Lipinski definition) is 2. The van der Waals surface area contributed by atoms with Gasteiger partial charge in [0.25, 0.3) is 0 Å². The second-order valence-corrected chi connectivity index (χ2v) is 2.65. The minimum absolute atomic E-state index is 0.811. The molecule has 0 radical (unpaired) electrons. The fourth-order valence-electron chi connectivity index (χ4n) is 0.578. The summed E-state index contributed by atoms with van der Waals surface area (Å²) in [5.41, 5.74) is 5.63. The van der Waals surface area contributed by atoms with E-state index in [2.05, 4.69) is 31.8 Å². The standard InChI is InChI=1S/C6H8BrN3/c1-8-10-6-3-2-5(7)4-9-6/h2-4,8H,1H3,(H,9,10). The van der Waals surface area contributed by atoms with Crippen LogP contribution >= 0.6 is 15.9 Å². The van der Waals surface area contributed by atoms with Gasteiger partial charge in [0.2, 0.25) is 0 Å². The monoisotopic (exact) mass is 201 g/mol. The first-order valence-corrected chi connectivity index (χ1v) is 3.66. The first-order chi connectivity index (χ1) is 4.83. The number of anilines is 1.